The van der Waals surface area contributed by atoms with Gasteiger partial charge >= 0.3 is 10.1 Å². The van der Waals surface area contributed by atoms with Crippen LogP contribution in [0.2, 0.25) is 0 Å². The Bertz CT molecular complexity index is 437. The van der Waals surface area contributed by atoms with Crippen LogP contribution in [0.15, 0.2) is 24.3 Å². The van der Waals surface area contributed by atoms with E-state index in [-0.39, 0.29) is 5.75 Å². The Hall–Kier alpha value is -1.07. The fourth-order valence-corrected chi connectivity index (χ4v) is 1.71. The molecule has 17 heavy (non-hydrogen) atoms. The highest BCUT2D eigenvalue weighted by Gasteiger charge is 2.08. The van der Waals surface area contributed by atoms with Crippen molar-refractivity contribution in [2.75, 3.05) is 5.75 Å². The minimum Gasteiger partial charge on any atom is -0.382 e. The minimum atomic E-state index is -3.43. The summed E-state index contributed by atoms with van der Waals surface area (Å²) in [6.07, 6.45) is 0. The molecule has 0 saturated carbocycles. The van der Waals surface area contributed by atoms with Crippen molar-refractivity contribution in [2.24, 2.45) is 0 Å². The van der Waals surface area contributed by atoms with Crippen LogP contribution in [0.1, 0.15) is 26.3 Å². The van der Waals surface area contributed by atoms with Gasteiger partial charge in [-0.2, -0.15) is 8.42 Å². The lowest BCUT2D eigenvalue weighted by Gasteiger charge is -2.09. The van der Waals surface area contributed by atoms with Crippen molar-refractivity contribution in [1.29, 1.82) is 0 Å². The zero-order valence-corrected chi connectivity index (χ0v) is 11.3. The van der Waals surface area contributed by atoms with E-state index in [9.17, 15) is 8.42 Å². The van der Waals surface area contributed by atoms with Gasteiger partial charge in [-0.05, 0) is 24.6 Å². The molecular formula is C12H19NO3S. The second-order valence-corrected chi connectivity index (χ2v) is 5.97. The molecule has 0 unspecified atom stereocenters. The third-order valence-corrected chi connectivity index (χ3v) is 3.37. The van der Waals surface area contributed by atoms with Gasteiger partial charge in [-0.15, -0.1) is 0 Å². The van der Waals surface area contributed by atoms with Crippen LogP contribution in [0.5, 0.6) is 5.75 Å². The van der Waals surface area contributed by atoms with Gasteiger partial charge in [0.15, 0.2) is 0 Å². The zero-order chi connectivity index (χ0) is 12.9. The predicted octanol–water partition coefficient (Wildman–Crippen LogP) is 1.91. The SMILES string of the molecule is CCS(=O)(=O)Oc1ccc(CNC(C)C)cc1. The molecule has 1 rings (SSSR count). The number of hydrogen-bond donors (Lipinski definition) is 1. The van der Waals surface area contributed by atoms with E-state index in [2.05, 4.69) is 19.2 Å². The van der Waals surface area contributed by atoms with Gasteiger partial charge in [0.25, 0.3) is 0 Å². The molecule has 1 N–H and O–H groups in total. The highest BCUT2D eigenvalue weighted by molar-refractivity contribution is 7.87. The number of benzene rings is 1. The van der Waals surface area contributed by atoms with Gasteiger partial charge in [-0.25, -0.2) is 0 Å². The molecule has 0 aliphatic rings. The molecule has 0 aliphatic carbocycles. The normalized spacial score (nSPS) is 11.8. The Labute approximate surface area is 103 Å². The van der Waals surface area contributed by atoms with Gasteiger partial charge in [-0.3, -0.25) is 0 Å². The zero-order valence-electron chi connectivity index (χ0n) is 10.4. The highest BCUT2D eigenvalue weighted by Crippen LogP contribution is 2.14. The molecule has 0 bridgehead atoms. The van der Waals surface area contributed by atoms with E-state index in [0.29, 0.717) is 11.8 Å². The van der Waals surface area contributed by atoms with E-state index in [0.717, 1.165) is 12.1 Å². The second-order valence-electron chi connectivity index (χ2n) is 4.11. The van der Waals surface area contributed by atoms with Crippen LogP contribution in [0.25, 0.3) is 0 Å². The first-order chi connectivity index (χ1) is 7.93. The largest absolute Gasteiger partial charge is 0.382 e. The summed E-state index contributed by atoms with van der Waals surface area (Å²) in [5.41, 5.74) is 1.10. The van der Waals surface area contributed by atoms with E-state index in [1.54, 1.807) is 19.1 Å². The number of nitrogens with one attached hydrogen (secondary N) is 1. The van der Waals surface area contributed by atoms with Crippen LogP contribution >= 0.6 is 0 Å². The molecule has 0 spiro atoms. The monoisotopic (exact) mass is 257 g/mol. The summed E-state index contributed by atoms with van der Waals surface area (Å²) in [5, 5.41) is 3.28. The Kier molecular flexibility index (Phi) is 4.96. The van der Waals surface area contributed by atoms with E-state index in [1.807, 2.05) is 12.1 Å². The van der Waals surface area contributed by atoms with Crippen molar-refractivity contribution in [3.05, 3.63) is 29.8 Å². The van der Waals surface area contributed by atoms with Gasteiger partial charge in [0, 0.05) is 12.6 Å². The van der Waals surface area contributed by atoms with E-state index in [1.165, 1.54) is 0 Å². The summed E-state index contributed by atoms with van der Waals surface area (Å²) >= 11 is 0. The fraction of sp³-hybridized carbons (Fsp3) is 0.500. The minimum absolute atomic E-state index is 0.0242. The summed E-state index contributed by atoms with van der Waals surface area (Å²) in [5.74, 6) is 0.337. The van der Waals surface area contributed by atoms with Gasteiger partial charge in [-0.1, -0.05) is 26.0 Å². The van der Waals surface area contributed by atoms with E-state index in [4.69, 9.17) is 4.18 Å². The average Bonchev–Trinajstić information content (AvgIpc) is 2.28. The third-order valence-electron chi connectivity index (χ3n) is 2.21. The van der Waals surface area contributed by atoms with Crippen molar-refractivity contribution >= 4 is 10.1 Å². The maximum atomic E-state index is 11.2. The standard InChI is InChI=1S/C12H19NO3S/c1-4-17(14,15)16-12-7-5-11(6-8-12)9-13-10(2)3/h5-8,10,13H,4,9H2,1-3H3. The Morgan fingerprint density at radius 3 is 2.29 bits per heavy atom. The molecule has 1 aromatic rings. The van der Waals surface area contributed by atoms with Crippen molar-refractivity contribution in [1.82, 2.24) is 5.32 Å². The highest BCUT2D eigenvalue weighted by atomic mass is 32.2. The van der Waals surface area contributed by atoms with Gasteiger partial charge in [0.05, 0.1) is 5.75 Å². The predicted molar refractivity (Wildman–Crippen MR) is 68.5 cm³/mol. The third kappa shape index (κ3) is 5.19. The molecule has 1 aromatic carbocycles. The molecule has 0 atom stereocenters. The average molecular weight is 257 g/mol. The van der Waals surface area contributed by atoms with Crippen molar-refractivity contribution in [3.63, 3.8) is 0 Å². The summed E-state index contributed by atoms with van der Waals surface area (Å²) in [6.45, 7) is 6.46. The lowest BCUT2D eigenvalue weighted by atomic mass is 10.2. The maximum Gasteiger partial charge on any atom is 0.308 e. The molecule has 96 valence electrons. The lowest BCUT2D eigenvalue weighted by Crippen LogP contribution is -2.21. The van der Waals surface area contributed by atoms with Crippen molar-refractivity contribution < 1.29 is 12.6 Å². The first-order valence-electron chi connectivity index (χ1n) is 5.67. The van der Waals surface area contributed by atoms with Crippen LogP contribution in [0, 0.1) is 0 Å². The van der Waals surface area contributed by atoms with Crippen molar-refractivity contribution in [2.45, 2.75) is 33.4 Å². The molecule has 0 amide bonds. The van der Waals surface area contributed by atoms with Crippen LogP contribution in [-0.2, 0) is 16.7 Å². The van der Waals surface area contributed by atoms with E-state index < -0.39 is 10.1 Å². The molecular weight excluding hydrogens is 238 g/mol. The Morgan fingerprint density at radius 1 is 1.24 bits per heavy atom. The summed E-state index contributed by atoms with van der Waals surface area (Å²) in [4.78, 5) is 0. The Morgan fingerprint density at radius 2 is 1.82 bits per heavy atom. The first-order valence-corrected chi connectivity index (χ1v) is 7.25. The molecule has 0 aliphatic heterocycles. The maximum absolute atomic E-state index is 11.2. The van der Waals surface area contributed by atoms with Crippen LogP contribution in [0.4, 0.5) is 0 Å². The quantitative estimate of drug-likeness (QED) is 0.791. The number of hydrogen-bond acceptors (Lipinski definition) is 4. The summed E-state index contributed by atoms with van der Waals surface area (Å²) in [7, 11) is -3.43. The van der Waals surface area contributed by atoms with Crippen LogP contribution in [-0.4, -0.2) is 20.2 Å². The van der Waals surface area contributed by atoms with Crippen molar-refractivity contribution in [3.8, 4) is 5.75 Å². The molecule has 0 saturated heterocycles. The molecule has 0 aromatic heterocycles. The molecule has 0 heterocycles. The van der Waals surface area contributed by atoms with Gasteiger partial charge in [0.2, 0.25) is 0 Å². The van der Waals surface area contributed by atoms with Crippen LogP contribution < -0.4 is 9.50 Å². The van der Waals surface area contributed by atoms with Gasteiger partial charge in [0.1, 0.15) is 5.75 Å². The van der Waals surface area contributed by atoms with Gasteiger partial charge < -0.3 is 9.50 Å². The second kappa shape index (κ2) is 6.02. The lowest BCUT2D eigenvalue weighted by molar-refractivity contribution is 0.487. The molecule has 5 heteroatoms. The molecule has 0 fully saturated rings. The molecule has 4 nitrogen and oxygen atoms in total. The topological polar surface area (TPSA) is 55.4 Å². The number of rotatable bonds is 6. The summed E-state index contributed by atoms with van der Waals surface area (Å²) in [6, 6.07) is 7.48. The molecule has 0 radical (unpaired) electrons. The fourth-order valence-electron chi connectivity index (χ4n) is 1.19. The summed E-state index contributed by atoms with van der Waals surface area (Å²) < 4.78 is 27.4. The van der Waals surface area contributed by atoms with Crippen LogP contribution in [0.3, 0.4) is 0 Å². The Balaban J connectivity index is 2.62. The first kappa shape index (κ1) is 14.0. The smallest absolute Gasteiger partial charge is 0.308 e. The van der Waals surface area contributed by atoms with E-state index >= 15 is 0 Å².